The second kappa shape index (κ2) is 6.17. The van der Waals surface area contributed by atoms with Gasteiger partial charge in [0.15, 0.2) is 5.82 Å². The van der Waals surface area contributed by atoms with E-state index in [4.69, 9.17) is 23.2 Å². The quantitative estimate of drug-likeness (QED) is 0.792. The van der Waals surface area contributed by atoms with Gasteiger partial charge in [-0.2, -0.15) is 5.10 Å². The van der Waals surface area contributed by atoms with Crippen molar-refractivity contribution in [2.24, 2.45) is 0 Å². The molecule has 0 radical (unpaired) electrons. The molecule has 0 saturated heterocycles. The average Bonchev–Trinajstić information content (AvgIpc) is 3.01. The van der Waals surface area contributed by atoms with Crippen molar-refractivity contribution < 1.29 is 4.79 Å². The Morgan fingerprint density at radius 2 is 1.91 bits per heavy atom. The van der Waals surface area contributed by atoms with Crippen LogP contribution in [0.5, 0.6) is 0 Å². The highest BCUT2D eigenvalue weighted by Crippen LogP contribution is 2.20. The number of benzene rings is 1. The zero-order valence-electron chi connectivity index (χ0n) is 11.2. The minimum Gasteiger partial charge on any atom is -0.321 e. The Morgan fingerprint density at radius 3 is 2.50 bits per heavy atom. The minimum absolute atomic E-state index is 0.307. The number of aromatic nitrogens is 3. The molecule has 3 rings (SSSR count). The number of pyridine rings is 1. The number of nitrogens with one attached hydrogen (secondary N) is 1. The fourth-order valence-electron chi connectivity index (χ4n) is 1.89. The summed E-state index contributed by atoms with van der Waals surface area (Å²) in [6, 6.07) is 9.98. The molecule has 0 fully saturated rings. The lowest BCUT2D eigenvalue weighted by atomic mass is 10.2. The Morgan fingerprint density at radius 1 is 1.14 bits per heavy atom. The maximum Gasteiger partial charge on any atom is 0.255 e. The number of rotatable bonds is 3. The van der Waals surface area contributed by atoms with Gasteiger partial charge in [0.2, 0.25) is 0 Å². The van der Waals surface area contributed by atoms with Gasteiger partial charge in [-0.1, -0.05) is 23.2 Å². The molecule has 0 atom stereocenters. The van der Waals surface area contributed by atoms with Crippen molar-refractivity contribution >= 4 is 34.8 Å². The van der Waals surface area contributed by atoms with Crippen molar-refractivity contribution in [2.45, 2.75) is 0 Å². The Balaban J connectivity index is 1.76. The molecule has 2 heterocycles. The van der Waals surface area contributed by atoms with Gasteiger partial charge in [0.1, 0.15) is 0 Å². The average molecular weight is 333 g/mol. The van der Waals surface area contributed by atoms with Gasteiger partial charge in [-0.25, -0.2) is 9.67 Å². The van der Waals surface area contributed by atoms with Crippen LogP contribution in [-0.2, 0) is 0 Å². The third kappa shape index (κ3) is 3.27. The highest BCUT2D eigenvalue weighted by Gasteiger charge is 2.09. The lowest BCUT2D eigenvalue weighted by Crippen LogP contribution is -2.12. The van der Waals surface area contributed by atoms with Gasteiger partial charge in [-0.3, -0.25) is 4.79 Å². The molecule has 7 heteroatoms. The van der Waals surface area contributed by atoms with Gasteiger partial charge in [0.25, 0.3) is 5.91 Å². The smallest absolute Gasteiger partial charge is 0.255 e. The summed E-state index contributed by atoms with van der Waals surface area (Å²) in [5.74, 6) is 0.354. The lowest BCUT2D eigenvalue weighted by Gasteiger charge is -2.07. The summed E-state index contributed by atoms with van der Waals surface area (Å²) in [5.41, 5.74) is 0.950. The van der Waals surface area contributed by atoms with Crippen LogP contribution in [0.25, 0.3) is 5.82 Å². The van der Waals surface area contributed by atoms with Crippen LogP contribution < -0.4 is 5.32 Å². The van der Waals surface area contributed by atoms with E-state index < -0.39 is 0 Å². The minimum atomic E-state index is -0.307. The van der Waals surface area contributed by atoms with E-state index in [1.807, 2.05) is 0 Å². The first-order valence-corrected chi connectivity index (χ1v) is 7.11. The first-order chi connectivity index (χ1) is 10.6. The molecule has 0 bridgehead atoms. The third-order valence-electron chi connectivity index (χ3n) is 2.87. The van der Waals surface area contributed by atoms with Gasteiger partial charge in [-0.15, -0.1) is 0 Å². The number of nitrogens with zero attached hydrogens (tertiary/aromatic N) is 3. The van der Waals surface area contributed by atoms with Crippen LogP contribution in [0.4, 0.5) is 5.69 Å². The van der Waals surface area contributed by atoms with E-state index in [2.05, 4.69) is 15.4 Å². The monoisotopic (exact) mass is 332 g/mol. The summed E-state index contributed by atoms with van der Waals surface area (Å²) in [6.07, 6.45) is 5.01. The fraction of sp³-hybridized carbons (Fsp3) is 0. The Bertz CT molecular complexity index is 781. The number of halogens is 2. The Labute approximate surface area is 136 Å². The molecule has 3 aromatic rings. The standard InChI is InChI=1S/C15H10Cl2N4O/c16-11-6-10(7-12(17)8-11)15(22)20-13-2-3-14(18-9-13)21-5-1-4-19-21/h1-9H,(H,20,22). The number of hydrogen-bond acceptors (Lipinski definition) is 3. The number of amides is 1. The van der Waals surface area contributed by atoms with Crippen LogP contribution in [0.2, 0.25) is 10.0 Å². The molecule has 0 aliphatic heterocycles. The van der Waals surface area contributed by atoms with Gasteiger partial charge >= 0.3 is 0 Å². The maximum absolute atomic E-state index is 12.2. The Kier molecular flexibility index (Phi) is 4.09. The highest BCUT2D eigenvalue weighted by molar-refractivity contribution is 6.35. The van der Waals surface area contributed by atoms with E-state index in [-0.39, 0.29) is 5.91 Å². The Hall–Kier alpha value is -2.37. The number of carbonyl (C=O) groups is 1. The summed E-state index contributed by atoms with van der Waals surface area (Å²) in [6.45, 7) is 0. The van der Waals surface area contributed by atoms with Crippen molar-refractivity contribution in [3.05, 3.63) is 70.6 Å². The molecule has 0 unspecified atom stereocenters. The van der Waals surface area contributed by atoms with E-state index in [9.17, 15) is 4.79 Å². The largest absolute Gasteiger partial charge is 0.321 e. The molecule has 22 heavy (non-hydrogen) atoms. The SMILES string of the molecule is O=C(Nc1ccc(-n2cccn2)nc1)c1cc(Cl)cc(Cl)c1. The van der Waals surface area contributed by atoms with Crippen molar-refractivity contribution in [3.8, 4) is 5.82 Å². The molecule has 0 aliphatic rings. The van der Waals surface area contributed by atoms with Crippen LogP contribution >= 0.6 is 23.2 Å². The summed E-state index contributed by atoms with van der Waals surface area (Å²) < 4.78 is 1.63. The molecule has 110 valence electrons. The summed E-state index contributed by atoms with van der Waals surface area (Å²) >= 11 is 11.8. The second-order valence-electron chi connectivity index (χ2n) is 4.47. The van der Waals surface area contributed by atoms with Crippen LogP contribution in [0.1, 0.15) is 10.4 Å². The summed E-state index contributed by atoms with van der Waals surface area (Å²) in [4.78, 5) is 16.4. The van der Waals surface area contributed by atoms with Gasteiger partial charge in [0.05, 0.1) is 11.9 Å². The molecule has 0 aliphatic carbocycles. The topological polar surface area (TPSA) is 59.8 Å². The van der Waals surface area contributed by atoms with E-state index in [1.165, 1.54) is 0 Å². The molecule has 5 nitrogen and oxygen atoms in total. The zero-order valence-corrected chi connectivity index (χ0v) is 12.7. The molecular formula is C15H10Cl2N4O. The lowest BCUT2D eigenvalue weighted by molar-refractivity contribution is 0.102. The maximum atomic E-state index is 12.2. The number of carbonyl (C=O) groups excluding carboxylic acids is 1. The van der Waals surface area contributed by atoms with E-state index in [1.54, 1.807) is 59.7 Å². The van der Waals surface area contributed by atoms with Crippen LogP contribution in [0.3, 0.4) is 0 Å². The fourth-order valence-corrected chi connectivity index (χ4v) is 2.41. The van der Waals surface area contributed by atoms with Crippen molar-refractivity contribution in [1.82, 2.24) is 14.8 Å². The van der Waals surface area contributed by atoms with Crippen molar-refractivity contribution in [2.75, 3.05) is 5.32 Å². The van der Waals surface area contributed by atoms with Gasteiger partial charge in [0, 0.05) is 28.0 Å². The normalized spacial score (nSPS) is 10.5. The molecule has 1 aromatic carbocycles. The second-order valence-corrected chi connectivity index (χ2v) is 5.34. The van der Waals surface area contributed by atoms with E-state index >= 15 is 0 Å². The van der Waals surface area contributed by atoms with E-state index in [0.717, 1.165) is 0 Å². The predicted molar refractivity (Wildman–Crippen MR) is 85.8 cm³/mol. The van der Waals surface area contributed by atoms with Crippen molar-refractivity contribution in [1.29, 1.82) is 0 Å². The molecule has 1 amide bonds. The summed E-state index contributed by atoms with van der Waals surface area (Å²) in [5, 5.41) is 7.63. The first kappa shape index (κ1) is 14.6. The highest BCUT2D eigenvalue weighted by atomic mass is 35.5. The van der Waals surface area contributed by atoms with Crippen LogP contribution in [0, 0.1) is 0 Å². The molecule has 2 aromatic heterocycles. The molecule has 0 spiro atoms. The van der Waals surface area contributed by atoms with Crippen LogP contribution in [-0.4, -0.2) is 20.7 Å². The predicted octanol–water partition coefficient (Wildman–Crippen LogP) is 3.83. The molecule has 1 N–H and O–H groups in total. The van der Waals surface area contributed by atoms with E-state index in [0.29, 0.717) is 27.1 Å². The third-order valence-corrected chi connectivity index (χ3v) is 3.31. The number of hydrogen-bond donors (Lipinski definition) is 1. The van der Waals surface area contributed by atoms with Gasteiger partial charge < -0.3 is 5.32 Å². The van der Waals surface area contributed by atoms with Gasteiger partial charge in [-0.05, 0) is 36.4 Å². The van der Waals surface area contributed by atoms with Crippen LogP contribution in [0.15, 0.2) is 55.0 Å². The molecule has 0 saturated carbocycles. The summed E-state index contributed by atoms with van der Waals surface area (Å²) in [7, 11) is 0. The molecular weight excluding hydrogens is 323 g/mol. The first-order valence-electron chi connectivity index (χ1n) is 6.35. The number of anilines is 1. The zero-order chi connectivity index (χ0) is 15.5. The van der Waals surface area contributed by atoms with Crippen molar-refractivity contribution in [3.63, 3.8) is 0 Å².